The molecule has 7 heteroatoms. The Morgan fingerprint density at radius 2 is 1.68 bits per heavy atom. The molecule has 0 bridgehead atoms. The van der Waals surface area contributed by atoms with Crippen LogP contribution < -0.4 is 20.3 Å². The summed E-state index contributed by atoms with van der Waals surface area (Å²) in [5.74, 6) is 0.178. The lowest BCUT2D eigenvalue weighted by molar-refractivity contribution is 0.0848. The van der Waals surface area contributed by atoms with Gasteiger partial charge in [0.05, 0.1) is 19.1 Å². The van der Waals surface area contributed by atoms with Crippen molar-refractivity contribution < 1.29 is 19.1 Å². The lowest BCUT2D eigenvalue weighted by Crippen LogP contribution is -2.41. The van der Waals surface area contributed by atoms with Gasteiger partial charge in [0, 0.05) is 5.56 Å². The number of hydrazine groups is 1. The Kier molecular flexibility index (Phi) is 5.00. The average Bonchev–Trinajstić information content (AvgIpc) is 2.97. The molecule has 0 aliphatic rings. The first kappa shape index (κ1) is 15.8. The van der Waals surface area contributed by atoms with E-state index in [0.717, 1.165) is 5.56 Å². The van der Waals surface area contributed by atoms with Crippen LogP contribution in [0, 0.1) is 6.92 Å². The van der Waals surface area contributed by atoms with Gasteiger partial charge in [0.2, 0.25) is 0 Å². The highest BCUT2D eigenvalue weighted by atomic mass is 32.1. The summed E-state index contributed by atoms with van der Waals surface area (Å²) in [6.07, 6.45) is 0. The SMILES string of the molecule is COc1ccc(C(=O)NNC(=O)c2sccc2C)cc1OC. The van der Waals surface area contributed by atoms with Crippen LogP contribution in [0.3, 0.4) is 0 Å². The fourth-order valence-electron chi connectivity index (χ4n) is 1.83. The Bertz CT molecular complexity index is 697. The molecule has 0 unspecified atom stereocenters. The van der Waals surface area contributed by atoms with Gasteiger partial charge in [-0.25, -0.2) is 0 Å². The third-order valence-corrected chi connectivity index (χ3v) is 4.02. The van der Waals surface area contributed by atoms with Crippen molar-refractivity contribution in [2.24, 2.45) is 0 Å². The Hall–Kier alpha value is -2.54. The molecule has 0 saturated heterocycles. The van der Waals surface area contributed by atoms with Crippen LogP contribution in [0.15, 0.2) is 29.6 Å². The molecule has 0 spiro atoms. The summed E-state index contributed by atoms with van der Waals surface area (Å²) in [6.45, 7) is 1.83. The molecule has 2 amide bonds. The average molecular weight is 320 g/mol. The Balaban J connectivity index is 2.03. The lowest BCUT2D eigenvalue weighted by atomic mass is 10.2. The van der Waals surface area contributed by atoms with Gasteiger partial charge < -0.3 is 9.47 Å². The molecule has 0 saturated carbocycles. The number of carbonyl (C=O) groups excluding carboxylic acids is 2. The number of hydrogen-bond donors (Lipinski definition) is 2. The molecule has 0 aliphatic heterocycles. The third kappa shape index (κ3) is 3.37. The molecular weight excluding hydrogens is 304 g/mol. The standard InChI is InChI=1S/C15H16N2O4S/c1-9-6-7-22-13(9)15(19)17-16-14(18)10-4-5-11(20-2)12(8-10)21-3/h4-8H,1-3H3,(H,16,18)(H,17,19). The normalized spacial score (nSPS) is 9.95. The minimum atomic E-state index is -0.441. The van der Waals surface area contributed by atoms with Gasteiger partial charge >= 0.3 is 0 Å². The molecule has 1 aromatic carbocycles. The van der Waals surface area contributed by atoms with Crippen LogP contribution in [0.2, 0.25) is 0 Å². The van der Waals surface area contributed by atoms with Crippen LogP contribution in [0.25, 0.3) is 0 Å². The van der Waals surface area contributed by atoms with Crippen molar-refractivity contribution in [3.63, 3.8) is 0 Å². The smallest absolute Gasteiger partial charge is 0.280 e. The summed E-state index contributed by atoms with van der Waals surface area (Å²) in [5.41, 5.74) is 5.98. The maximum atomic E-state index is 12.1. The van der Waals surface area contributed by atoms with Crippen molar-refractivity contribution in [2.75, 3.05) is 14.2 Å². The molecule has 0 radical (unpaired) electrons. The van der Waals surface area contributed by atoms with Gasteiger partial charge in [-0.2, -0.15) is 0 Å². The zero-order valence-electron chi connectivity index (χ0n) is 12.4. The van der Waals surface area contributed by atoms with E-state index < -0.39 is 5.91 Å². The molecule has 1 aromatic heterocycles. The van der Waals surface area contributed by atoms with Gasteiger partial charge in [0.25, 0.3) is 11.8 Å². The third-order valence-electron chi connectivity index (χ3n) is 3.00. The molecule has 0 atom stereocenters. The molecule has 6 nitrogen and oxygen atoms in total. The highest BCUT2D eigenvalue weighted by Gasteiger charge is 2.14. The zero-order chi connectivity index (χ0) is 16.1. The largest absolute Gasteiger partial charge is 0.493 e. The van der Waals surface area contributed by atoms with Crippen molar-refractivity contribution in [3.05, 3.63) is 45.6 Å². The molecule has 116 valence electrons. The number of benzene rings is 1. The van der Waals surface area contributed by atoms with Crippen LogP contribution in [0.1, 0.15) is 25.6 Å². The number of rotatable bonds is 4. The summed E-state index contributed by atoms with van der Waals surface area (Å²) in [5, 5.41) is 1.82. The van der Waals surface area contributed by atoms with Crippen LogP contribution in [0.5, 0.6) is 11.5 Å². The number of amides is 2. The minimum absolute atomic E-state index is 0.346. The van der Waals surface area contributed by atoms with Gasteiger partial charge in [0.15, 0.2) is 11.5 Å². The van der Waals surface area contributed by atoms with Crippen molar-refractivity contribution in [3.8, 4) is 11.5 Å². The van der Waals surface area contributed by atoms with E-state index >= 15 is 0 Å². The van der Waals surface area contributed by atoms with E-state index in [2.05, 4.69) is 10.9 Å². The van der Waals surface area contributed by atoms with E-state index in [1.807, 2.05) is 18.4 Å². The molecule has 0 aliphatic carbocycles. The van der Waals surface area contributed by atoms with Crippen molar-refractivity contribution in [1.82, 2.24) is 10.9 Å². The van der Waals surface area contributed by atoms with Crippen LogP contribution in [0.4, 0.5) is 0 Å². The van der Waals surface area contributed by atoms with E-state index in [4.69, 9.17) is 9.47 Å². The molecule has 2 aromatic rings. The second kappa shape index (κ2) is 6.95. The highest BCUT2D eigenvalue weighted by Crippen LogP contribution is 2.27. The van der Waals surface area contributed by atoms with E-state index in [0.29, 0.717) is 21.9 Å². The summed E-state index contributed by atoms with van der Waals surface area (Å²) in [4.78, 5) is 24.5. The minimum Gasteiger partial charge on any atom is -0.493 e. The van der Waals surface area contributed by atoms with Gasteiger partial charge in [-0.15, -0.1) is 11.3 Å². The van der Waals surface area contributed by atoms with Gasteiger partial charge in [-0.1, -0.05) is 0 Å². The number of ether oxygens (including phenoxy) is 2. The Morgan fingerprint density at radius 1 is 1.00 bits per heavy atom. The first-order chi connectivity index (χ1) is 10.6. The molecular formula is C15H16N2O4S. The molecule has 0 fully saturated rings. The highest BCUT2D eigenvalue weighted by molar-refractivity contribution is 7.12. The first-order valence-corrected chi connectivity index (χ1v) is 7.31. The fourth-order valence-corrected chi connectivity index (χ4v) is 2.65. The Morgan fingerprint density at radius 3 is 2.27 bits per heavy atom. The summed E-state index contributed by atoms with van der Waals surface area (Å²) in [7, 11) is 3.00. The number of nitrogens with one attached hydrogen (secondary N) is 2. The van der Waals surface area contributed by atoms with Gasteiger partial charge in [0.1, 0.15) is 0 Å². The van der Waals surface area contributed by atoms with Gasteiger partial charge in [-0.05, 0) is 42.1 Å². The first-order valence-electron chi connectivity index (χ1n) is 6.43. The zero-order valence-corrected chi connectivity index (χ0v) is 13.2. The van der Waals surface area contributed by atoms with Crippen LogP contribution in [-0.2, 0) is 0 Å². The molecule has 2 rings (SSSR count). The summed E-state index contributed by atoms with van der Waals surface area (Å²) < 4.78 is 10.2. The topological polar surface area (TPSA) is 76.7 Å². The predicted octanol–water partition coefficient (Wildman–Crippen LogP) is 2.15. The Labute approximate surface area is 132 Å². The maximum absolute atomic E-state index is 12.1. The van der Waals surface area contributed by atoms with Crippen LogP contribution >= 0.6 is 11.3 Å². The second-order valence-electron chi connectivity index (χ2n) is 4.41. The second-order valence-corrected chi connectivity index (χ2v) is 5.33. The number of hydrogen-bond acceptors (Lipinski definition) is 5. The number of carbonyl (C=O) groups is 2. The molecule has 1 heterocycles. The molecule has 22 heavy (non-hydrogen) atoms. The quantitative estimate of drug-likeness (QED) is 0.846. The van der Waals surface area contributed by atoms with Crippen molar-refractivity contribution in [2.45, 2.75) is 6.92 Å². The molecule has 2 N–H and O–H groups in total. The number of thiophene rings is 1. The predicted molar refractivity (Wildman–Crippen MR) is 83.5 cm³/mol. The van der Waals surface area contributed by atoms with Gasteiger partial charge in [-0.3, -0.25) is 20.4 Å². The van der Waals surface area contributed by atoms with Crippen LogP contribution in [-0.4, -0.2) is 26.0 Å². The van der Waals surface area contributed by atoms with Crippen molar-refractivity contribution in [1.29, 1.82) is 0 Å². The van der Waals surface area contributed by atoms with E-state index in [1.54, 1.807) is 12.1 Å². The fraction of sp³-hybridized carbons (Fsp3) is 0.200. The van der Waals surface area contributed by atoms with E-state index in [-0.39, 0.29) is 5.91 Å². The van der Waals surface area contributed by atoms with E-state index in [1.165, 1.54) is 31.6 Å². The van der Waals surface area contributed by atoms with Crippen molar-refractivity contribution >= 4 is 23.2 Å². The summed E-state index contributed by atoms with van der Waals surface area (Å²) >= 11 is 1.32. The summed E-state index contributed by atoms with van der Waals surface area (Å²) in [6, 6.07) is 6.59. The number of methoxy groups -OCH3 is 2. The van der Waals surface area contributed by atoms with E-state index in [9.17, 15) is 9.59 Å². The lowest BCUT2D eigenvalue weighted by Gasteiger charge is -2.10. The number of aryl methyl sites for hydroxylation is 1. The monoisotopic (exact) mass is 320 g/mol. The maximum Gasteiger partial charge on any atom is 0.280 e.